The number of hydrogen-bond acceptors (Lipinski definition) is 2. The Morgan fingerprint density at radius 1 is 1.05 bits per heavy atom. The van der Waals surface area contributed by atoms with E-state index in [-0.39, 0.29) is 24.2 Å². The van der Waals surface area contributed by atoms with Gasteiger partial charge in [-0.05, 0) is 35.0 Å². The molecule has 0 bridgehead atoms. The number of hydrogen-bond donors (Lipinski definition) is 1. The molecule has 0 aliphatic heterocycles. The fourth-order valence-electron chi connectivity index (χ4n) is 2.02. The summed E-state index contributed by atoms with van der Waals surface area (Å²) < 4.78 is 0.740. The van der Waals surface area contributed by atoms with Crippen molar-refractivity contribution in [2.75, 3.05) is 0 Å². The highest BCUT2D eigenvalue weighted by atomic mass is 79.9. The van der Waals surface area contributed by atoms with Gasteiger partial charge in [0.05, 0.1) is 5.56 Å². The molecule has 4 heteroatoms. The summed E-state index contributed by atoms with van der Waals surface area (Å²) in [7, 11) is 0. The summed E-state index contributed by atoms with van der Waals surface area (Å²) in [4.78, 5) is 24.2. The molecule has 2 aromatic carbocycles. The Morgan fingerprint density at radius 2 is 1.67 bits per heavy atom. The highest BCUT2D eigenvalue weighted by Crippen LogP contribution is 2.16. The molecule has 21 heavy (non-hydrogen) atoms. The first-order valence-electron chi connectivity index (χ1n) is 6.71. The quantitative estimate of drug-likeness (QED) is 0.836. The third-order valence-corrected chi connectivity index (χ3v) is 3.77. The monoisotopic (exact) mass is 345 g/mol. The molecule has 3 nitrogen and oxygen atoms in total. The van der Waals surface area contributed by atoms with E-state index >= 15 is 0 Å². The van der Waals surface area contributed by atoms with E-state index in [1.165, 1.54) is 0 Å². The molecule has 0 spiro atoms. The van der Waals surface area contributed by atoms with Crippen molar-refractivity contribution in [1.29, 1.82) is 0 Å². The average molecular weight is 346 g/mol. The number of rotatable bonds is 5. The first-order chi connectivity index (χ1) is 10.1. The van der Waals surface area contributed by atoms with E-state index in [1.807, 2.05) is 37.3 Å². The van der Waals surface area contributed by atoms with E-state index in [0.29, 0.717) is 11.1 Å². The second-order valence-electron chi connectivity index (χ2n) is 4.85. The van der Waals surface area contributed by atoms with E-state index in [4.69, 9.17) is 0 Å². The fourth-order valence-corrected chi connectivity index (χ4v) is 2.48. The Labute approximate surface area is 132 Å². The van der Waals surface area contributed by atoms with E-state index in [9.17, 15) is 9.59 Å². The molecule has 1 N–H and O–H groups in total. The van der Waals surface area contributed by atoms with Gasteiger partial charge in [-0.3, -0.25) is 9.59 Å². The van der Waals surface area contributed by atoms with Gasteiger partial charge < -0.3 is 5.32 Å². The Morgan fingerprint density at radius 3 is 2.33 bits per heavy atom. The first-order valence-corrected chi connectivity index (χ1v) is 7.51. The van der Waals surface area contributed by atoms with Crippen LogP contribution in [0.2, 0.25) is 0 Å². The zero-order valence-corrected chi connectivity index (χ0v) is 13.3. The van der Waals surface area contributed by atoms with Crippen LogP contribution in [0, 0.1) is 0 Å². The van der Waals surface area contributed by atoms with Crippen LogP contribution in [0.5, 0.6) is 0 Å². The highest BCUT2D eigenvalue weighted by molar-refractivity contribution is 9.10. The average Bonchev–Trinajstić information content (AvgIpc) is 2.48. The summed E-state index contributed by atoms with van der Waals surface area (Å²) in [6.45, 7) is 1.83. The number of ketones is 1. The van der Waals surface area contributed by atoms with Crippen LogP contribution in [-0.4, -0.2) is 17.7 Å². The van der Waals surface area contributed by atoms with Gasteiger partial charge in [0.2, 0.25) is 0 Å². The number of carbonyl (C=O) groups excluding carboxylic acids is 2. The van der Waals surface area contributed by atoms with Gasteiger partial charge in [-0.25, -0.2) is 0 Å². The van der Waals surface area contributed by atoms with Crippen molar-refractivity contribution < 1.29 is 9.59 Å². The van der Waals surface area contributed by atoms with Crippen LogP contribution in [0.1, 0.15) is 34.1 Å². The maximum Gasteiger partial charge on any atom is 0.252 e. The molecule has 1 atom stereocenters. The minimum atomic E-state index is -0.225. The third kappa shape index (κ3) is 4.26. The van der Waals surface area contributed by atoms with Crippen LogP contribution in [0.25, 0.3) is 0 Å². The second-order valence-corrected chi connectivity index (χ2v) is 5.70. The van der Waals surface area contributed by atoms with Crippen molar-refractivity contribution >= 4 is 27.6 Å². The lowest BCUT2D eigenvalue weighted by atomic mass is 10.0. The first kappa shape index (κ1) is 15.4. The van der Waals surface area contributed by atoms with Gasteiger partial charge in [0.25, 0.3) is 5.91 Å². The van der Waals surface area contributed by atoms with E-state index in [1.54, 1.807) is 24.3 Å². The van der Waals surface area contributed by atoms with Crippen LogP contribution in [0.4, 0.5) is 0 Å². The molecule has 0 heterocycles. The molecule has 1 unspecified atom stereocenters. The molecular formula is C17H16BrNO2. The van der Waals surface area contributed by atoms with Gasteiger partial charge >= 0.3 is 0 Å². The predicted octanol–water partition coefficient (Wildman–Crippen LogP) is 3.84. The summed E-state index contributed by atoms with van der Waals surface area (Å²) in [6.07, 6.45) is 0.278. The van der Waals surface area contributed by atoms with Gasteiger partial charge in [-0.15, -0.1) is 0 Å². The van der Waals surface area contributed by atoms with Gasteiger partial charge in [0, 0.05) is 22.5 Å². The Hall–Kier alpha value is -1.94. The maximum absolute atomic E-state index is 12.1. The second kappa shape index (κ2) is 7.18. The molecule has 1 amide bonds. The van der Waals surface area contributed by atoms with Gasteiger partial charge in [0.1, 0.15) is 0 Å². The molecule has 2 rings (SSSR count). The Kier molecular flexibility index (Phi) is 5.28. The minimum Gasteiger partial charge on any atom is -0.349 e. The van der Waals surface area contributed by atoms with E-state index in [0.717, 1.165) is 4.47 Å². The topological polar surface area (TPSA) is 46.2 Å². The lowest BCUT2D eigenvalue weighted by molar-refractivity contribution is 0.0917. The van der Waals surface area contributed by atoms with Crippen LogP contribution in [-0.2, 0) is 0 Å². The van der Waals surface area contributed by atoms with E-state index < -0.39 is 0 Å². The molecule has 108 valence electrons. The summed E-state index contributed by atoms with van der Waals surface area (Å²) in [5.74, 6) is -0.161. The van der Waals surface area contributed by atoms with Crippen molar-refractivity contribution in [1.82, 2.24) is 5.32 Å². The van der Waals surface area contributed by atoms with Crippen LogP contribution < -0.4 is 5.32 Å². The molecule has 0 aliphatic rings. The number of amides is 1. The number of halogens is 1. The van der Waals surface area contributed by atoms with Crippen molar-refractivity contribution in [2.24, 2.45) is 0 Å². The highest BCUT2D eigenvalue weighted by Gasteiger charge is 2.15. The number of carbonyl (C=O) groups is 2. The van der Waals surface area contributed by atoms with Gasteiger partial charge in [0.15, 0.2) is 5.78 Å². The fraction of sp³-hybridized carbons (Fsp3) is 0.176. The van der Waals surface area contributed by atoms with Crippen molar-refractivity contribution in [3.8, 4) is 0 Å². The predicted molar refractivity (Wildman–Crippen MR) is 86.5 cm³/mol. The summed E-state index contributed by atoms with van der Waals surface area (Å²) >= 11 is 3.35. The van der Waals surface area contributed by atoms with E-state index in [2.05, 4.69) is 21.2 Å². The molecule has 0 radical (unpaired) electrons. The molecule has 0 saturated heterocycles. The van der Waals surface area contributed by atoms with Crippen molar-refractivity contribution in [2.45, 2.75) is 19.4 Å². The smallest absolute Gasteiger partial charge is 0.252 e. The molecule has 0 aliphatic carbocycles. The van der Waals surface area contributed by atoms with Crippen LogP contribution in [0.15, 0.2) is 59.1 Å². The van der Waals surface area contributed by atoms with Crippen LogP contribution in [0.3, 0.4) is 0 Å². The lowest BCUT2D eigenvalue weighted by Gasteiger charge is -2.14. The Bertz CT molecular complexity index is 640. The van der Waals surface area contributed by atoms with Gasteiger partial charge in [-0.2, -0.15) is 0 Å². The molecule has 0 fully saturated rings. The number of nitrogens with one attached hydrogen (secondary N) is 1. The minimum absolute atomic E-state index is 0.0236. The number of benzene rings is 2. The van der Waals surface area contributed by atoms with Crippen molar-refractivity contribution in [3.63, 3.8) is 0 Å². The number of Topliss-reactive ketones (excluding diaryl/α,β-unsaturated/α-hetero) is 1. The standard InChI is InChI=1S/C17H16BrNO2/c1-12(11-16(20)13-7-3-2-4-8-13)19-17(21)14-9-5-6-10-15(14)18/h2-10,12H,11H2,1H3,(H,19,21). The van der Waals surface area contributed by atoms with Crippen LogP contribution >= 0.6 is 15.9 Å². The summed E-state index contributed by atoms with van der Waals surface area (Å²) in [6, 6.07) is 16.1. The third-order valence-electron chi connectivity index (χ3n) is 3.08. The molecular weight excluding hydrogens is 330 g/mol. The summed E-state index contributed by atoms with van der Waals surface area (Å²) in [5, 5.41) is 2.85. The van der Waals surface area contributed by atoms with Gasteiger partial charge in [-0.1, -0.05) is 42.5 Å². The lowest BCUT2D eigenvalue weighted by Crippen LogP contribution is -2.34. The molecule has 0 aromatic heterocycles. The Balaban J connectivity index is 1.96. The van der Waals surface area contributed by atoms with Crippen molar-refractivity contribution in [3.05, 3.63) is 70.2 Å². The summed E-state index contributed by atoms with van der Waals surface area (Å²) in [5.41, 5.74) is 1.23. The molecule has 0 saturated carbocycles. The zero-order chi connectivity index (χ0) is 15.2. The molecule has 2 aromatic rings. The normalized spacial score (nSPS) is 11.7. The zero-order valence-electron chi connectivity index (χ0n) is 11.7. The largest absolute Gasteiger partial charge is 0.349 e. The maximum atomic E-state index is 12.1. The SMILES string of the molecule is CC(CC(=O)c1ccccc1)NC(=O)c1ccccc1Br.